The Morgan fingerprint density at radius 2 is 1.78 bits per heavy atom. The first-order chi connectivity index (χ1) is 8.67. The number of rotatable bonds is 8. The van der Waals surface area contributed by atoms with Gasteiger partial charge in [-0.2, -0.15) is 0 Å². The normalized spacial score (nSPS) is 14.2. The Morgan fingerprint density at radius 1 is 1.11 bits per heavy atom. The molecule has 0 aliphatic rings. The molecule has 0 fully saturated rings. The van der Waals surface area contributed by atoms with Gasteiger partial charge < -0.3 is 10.1 Å². The largest absolute Gasteiger partial charge is 0.494 e. The van der Waals surface area contributed by atoms with E-state index in [2.05, 4.69) is 57.3 Å². The molecule has 102 valence electrons. The number of benzene rings is 1. The second-order valence-corrected chi connectivity index (χ2v) is 5.01. The molecule has 2 heteroatoms. The smallest absolute Gasteiger partial charge is 0.119 e. The summed E-state index contributed by atoms with van der Waals surface area (Å²) in [6, 6.07) is 9.11. The van der Waals surface area contributed by atoms with Gasteiger partial charge in [0.25, 0.3) is 0 Å². The zero-order chi connectivity index (χ0) is 13.4. The molecule has 0 aliphatic heterocycles. The summed E-state index contributed by atoms with van der Waals surface area (Å²) in [6.45, 7) is 10.7. The van der Waals surface area contributed by atoms with Gasteiger partial charge in [0.1, 0.15) is 5.75 Å². The zero-order valence-electron chi connectivity index (χ0n) is 12.2. The van der Waals surface area contributed by atoms with Crippen molar-refractivity contribution in [2.75, 3.05) is 13.2 Å². The van der Waals surface area contributed by atoms with E-state index in [1.807, 2.05) is 0 Å². The molecule has 1 N–H and O–H groups in total. The first kappa shape index (κ1) is 15.0. The highest BCUT2D eigenvalue weighted by Gasteiger charge is 2.09. The van der Waals surface area contributed by atoms with Crippen LogP contribution in [-0.2, 0) is 0 Å². The Labute approximate surface area is 112 Å². The van der Waals surface area contributed by atoms with E-state index in [0.29, 0.717) is 12.0 Å². The molecule has 18 heavy (non-hydrogen) atoms. The minimum absolute atomic E-state index is 0.570. The third kappa shape index (κ3) is 5.09. The molecule has 2 nitrogen and oxygen atoms in total. The summed E-state index contributed by atoms with van der Waals surface area (Å²) >= 11 is 0. The lowest BCUT2D eigenvalue weighted by Crippen LogP contribution is -2.26. The maximum absolute atomic E-state index is 5.60. The van der Waals surface area contributed by atoms with Crippen molar-refractivity contribution in [1.29, 1.82) is 0 Å². The topological polar surface area (TPSA) is 21.3 Å². The Balaban J connectivity index is 2.50. The van der Waals surface area contributed by atoms with Crippen LogP contribution in [0.15, 0.2) is 24.3 Å². The molecule has 0 bridgehead atoms. The molecule has 0 aliphatic carbocycles. The van der Waals surface area contributed by atoms with Crippen LogP contribution in [0.3, 0.4) is 0 Å². The number of hydrogen-bond donors (Lipinski definition) is 1. The maximum Gasteiger partial charge on any atom is 0.119 e. The number of nitrogens with one attached hydrogen (secondary N) is 1. The van der Waals surface area contributed by atoms with Crippen molar-refractivity contribution >= 4 is 0 Å². The van der Waals surface area contributed by atoms with Gasteiger partial charge in [-0.05, 0) is 49.9 Å². The lowest BCUT2D eigenvalue weighted by atomic mass is 9.94. The minimum Gasteiger partial charge on any atom is -0.494 e. The van der Waals surface area contributed by atoms with E-state index >= 15 is 0 Å². The van der Waals surface area contributed by atoms with Crippen molar-refractivity contribution in [3.8, 4) is 5.75 Å². The van der Waals surface area contributed by atoms with Crippen LogP contribution in [-0.4, -0.2) is 19.2 Å². The highest BCUT2D eigenvalue weighted by atomic mass is 16.5. The molecular weight excluding hydrogens is 222 g/mol. The highest BCUT2D eigenvalue weighted by molar-refractivity contribution is 5.29. The Hall–Kier alpha value is -1.02. The molecule has 2 unspecified atom stereocenters. The van der Waals surface area contributed by atoms with Crippen LogP contribution < -0.4 is 10.1 Å². The fourth-order valence-corrected chi connectivity index (χ4v) is 2.21. The molecular formula is C16H27NO. The van der Waals surface area contributed by atoms with Crippen LogP contribution in [0.5, 0.6) is 5.75 Å². The quantitative estimate of drug-likeness (QED) is 0.753. The molecule has 1 aromatic rings. The summed E-state index contributed by atoms with van der Waals surface area (Å²) in [5, 5.41) is 3.46. The Morgan fingerprint density at radius 3 is 2.33 bits per heavy atom. The summed E-state index contributed by atoms with van der Waals surface area (Å²) in [4.78, 5) is 0. The van der Waals surface area contributed by atoms with Gasteiger partial charge in [0.2, 0.25) is 0 Å². The van der Waals surface area contributed by atoms with Crippen molar-refractivity contribution in [2.45, 2.75) is 52.5 Å². The Bertz CT molecular complexity index is 320. The second kappa shape index (κ2) is 8.15. The summed E-state index contributed by atoms with van der Waals surface area (Å²) in [7, 11) is 0. The lowest BCUT2D eigenvalue weighted by Gasteiger charge is -2.18. The predicted molar refractivity (Wildman–Crippen MR) is 78.4 cm³/mol. The maximum atomic E-state index is 5.60. The molecule has 0 saturated heterocycles. The molecule has 1 rings (SSSR count). The third-order valence-electron chi connectivity index (χ3n) is 3.18. The first-order valence-corrected chi connectivity index (χ1v) is 7.13. The highest BCUT2D eigenvalue weighted by Crippen LogP contribution is 2.23. The van der Waals surface area contributed by atoms with Gasteiger partial charge in [-0.3, -0.25) is 0 Å². The van der Waals surface area contributed by atoms with Crippen LogP contribution in [0.1, 0.15) is 52.0 Å². The van der Waals surface area contributed by atoms with E-state index in [1.165, 1.54) is 12.0 Å². The molecule has 0 amide bonds. The van der Waals surface area contributed by atoms with Crippen LogP contribution >= 0.6 is 0 Å². The van der Waals surface area contributed by atoms with E-state index in [-0.39, 0.29) is 0 Å². The van der Waals surface area contributed by atoms with E-state index in [1.54, 1.807) is 0 Å². The average molecular weight is 249 g/mol. The predicted octanol–water partition coefficient (Wildman–Crippen LogP) is 3.97. The Kier molecular flexibility index (Phi) is 6.81. The fraction of sp³-hybridized carbons (Fsp3) is 0.625. The summed E-state index contributed by atoms with van der Waals surface area (Å²) < 4.78 is 5.60. The van der Waals surface area contributed by atoms with Crippen molar-refractivity contribution in [3.05, 3.63) is 29.8 Å². The summed E-state index contributed by atoms with van der Waals surface area (Å²) in [6.07, 6.45) is 2.22. The minimum atomic E-state index is 0.570. The van der Waals surface area contributed by atoms with Crippen molar-refractivity contribution in [2.24, 2.45) is 0 Å². The molecule has 0 radical (unpaired) electrons. The van der Waals surface area contributed by atoms with E-state index < -0.39 is 0 Å². The van der Waals surface area contributed by atoms with Gasteiger partial charge in [-0.15, -0.1) is 0 Å². The molecule has 0 spiro atoms. The lowest BCUT2D eigenvalue weighted by molar-refractivity contribution is 0.317. The average Bonchev–Trinajstić information content (AvgIpc) is 2.37. The monoisotopic (exact) mass is 249 g/mol. The van der Waals surface area contributed by atoms with Crippen LogP contribution in [0.2, 0.25) is 0 Å². The van der Waals surface area contributed by atoms with Gasteiger partial charge in [0, 0.05) is 6.04 Å². The van der Waals surface area contributed by atoms with E-state index in [4.69, 9.17) is 4.74 Å². The fourth-order valence-electron chi connectivity index (χ4n) is 2.21. The van der Waals surface area contributed by atoms with Crippen molar-refractivity contribution < 1.29 is 4.74 Å². The van der Waals surface area contributed by atoms with Crippen LogP contribution in [0.4, 0.5) is 0 Å². The molecule has 0 heterocycles. The molecule has 2 atom stereocenters. The number of ether oxygens (including phenoxy) is 1. The van der Waals surface area contributed by atoms with Crippen LogP contribution in [0.25, 0.3) is 0 Å². The number of hydrogen-bond acceptors (Lipinski definition) is 2. The van der Waals surface area contributed by atoms with E-state index in [0.717, 1.165) is 25.3 Å². The summed E-state index contributed by atoms with van der Waals surface area (Å²) in [5.41, 5.74) is 1.39. The zero-order valence-corrected chi connectivity index (χ0v) is 12.2. The van der Waals surface area contributed by atoms with Crippen LogP contribution in [0, 0.1) is 0 Å². The van der Waals surface area contributed by atoms with Gasteiger partial charge in [-0.25, -0.2) is 0 Å². The standard InChI is InChI=1S/C16H27NO/c1-5-11-18-16-9-7-15(8-10-16)13(3)12-14(4)17-6-2/h7-10,13-14,17H,5-6,11-12H2,1-4H3. The molecule has 1 aromatic carbocycles. The molecule has 0 aromatic heterocycles. The van der Waals surface area contributed by atoms with Gasteiger partial charge in [0.05, 0.1) is 6.61 Å². The van der Waals surface area contributed by atoms with Crippen molar-refractivity contribution in [1.82, 2.24) is 5.32 Å². The van der Waals surface area contributed by atoms with Crippen molar-refractivity contribution in [3.63, 3.8) is 0 Å². The van der Waals surface area contributed by atoms with Gasteiger partial charge in [-0.1, -0.05) is 32.9 Å². The van der Waals surface area contributed by atoms with Gasteiger partial charge in [0.15, 0.2) is 0 Å². The van der Waals surface area contributed by atoms with E-state index in [9.17, 15) is 0 Å². The summed E-state index contributed by atoms with van der Waals surface area (Å²) in [5.74, 6) is 1.56. The third-order valence-corrected chi connectivity index (χ3v) is 3.18. The first-order valence-electron chi connectivity index (χ1n) is 7.13. The SMILES string of the molecule is CCCOc1ccc(C(C)CC(C)NCC)cc1. The molecule has 0 saturated carbocycles. The second-order valence-electron chi connectivity index (χ2n) is 5.01. The van der Waals surface area contributed by atoms with Gasteiger partial charge >= 0.3 is 0 Å².